The summed E-state index contributed by atoms with van der Waals surface area (Å²) >= 11 is 0. The Hall–Kier alpha value is -2.11. The maximum atomic E-state index is 11.0. The fourth-order valence-corrected chi connectivity index (χ4v) is 0.939. The number of nitrogens with one attached hydrogen (secondary N) is 1. The van der Waals surface area contributed by atoms with Crippen molar-refractivity contribution in [2.24, 2.45) is 0 Å². The van der Waals surface area contributed by atoms with Crippen LogP contribution in [0.3, 0.4) is 0 Å². The van der Waals surface area contributed by atoms with Gasteiger partial charge < -0.3 is 10.2 Å². The SMILES string of the molecule is O=S(=O)(O)O.O=c1[nH]ccn1-c1nccn1O. The second kappa shape index (κ2) is 4.82. The van der Waals surface area contributed by atoms with E-state index in [0.29, 0.717) is 0 Å². The molecule has 0 fully saturated rings. The van der Waals surface area contributed by atoms with Crippen LogP contribution < -0.4 is 5.69 Å². The molecule has 4 N–H and O–H groups in total. The summed E-state index contributed by atoms with van der Waals surface area (Å²) in [6.07, 6.45) is 5.69. The van der Waals surface area contributed by atoms with E-state index in [1.807, 2.05) is 0 Å². The van der Waals surface area contributed by atoms with E-state index in [0.717, 1.165) is 4.73 Å². The Kier molecular flexibility index (Phi) is 3.67. The van der Waals surface area contributed by atoms with E-state index < -0.39 is 10.4 Å². The van der Waals surface area contributed by atoms with Crippen LogP contribution in [0, 0.1) is 0 Å². The fraction of sp³-hybridized carbons (Fsp3) is 0. The van der Waals surface area contributed by atoms with E-state index in [2.05, 4.69) is 9.97 Å². The zero-order chi connectivity index (χ0) is 13.1. The summed E-state index contributed by atoms with van der Waals surface area (Å²) in [7, 11) is -4.67. The summed E-state index contributed by atoms with van der Waals surface area (Å²) in [5.41, 5.74) is -0.337. The molecule has 0 aliphatic carbocycles. The molecule has 0 radical (unpaired) electrons. The molecule has 0 bridgehead atoms. The largest absolute Gasteiger partial charge is 0.425 e. The highest BCUT2D eigenvalue weighted by atomic mass is 32.3. The monoisotopic (exact) mass is 264 g/mol. The van der Waals surface area contributed by atoms with E-state index in [9.17, 15) is 4.79 Å². The van der Waals surface area contributed by atoms with E-state index in [1.54, 1.807) is 0 Å². The van der Waals surface area contributed by atoms with E-state index in [1.165, 1.54) is 29.4 Å². The number of hydrogen-bond acceptors (Lipinski definition) is 5. The number of hydrogen-bond donors (Lipinski definition) is 4. The number of aromatic amines is 1. The van der Waals surface area contributed by atoms with Crippen LogP contribution in [-0.4, -0.2) is 42.0 Å². The summed E-state index contributed by atoms with van der Waals surface area (Å²) in [4.78, 5) is 17.2. The standard InChI is InChI=1S/C6H6N4O2.H2O4S/c11-6-8-1-3-9(6)5-7-2-4-10(5)12;1-5(2,3)4/h1-4,12H,(H,8,11);(H2,1,2,3,4). The van der Waals surface area contributed by atoms with Gasteiger partial charge in [0.2, 0.25) is 0 Å². The number of aromatic nitrogens is 4. The van der Waals surface area contributed by atoms with Gasteiger partial charge in [0.25, 0.3) is 5.95 Å². The first-order chi connectivity index (χ1) is 7.79. The molecule has 2 rings (SSSR count). The summed E-state index contributed by atoms with van der Waals surface area (Å²) in [5.74, 6) is 0.168. The average molecular weight is 264 g/mol. The summed E-state index contributed by atoms with van der Waals surface area (Å²) in [6, 6.07) is 0. The molecule has 2 aromatic heterocycles. The van der Waals surface area contributed by atoms with Gasteiger partial charge in [-0.1, -0.05) is 0 Å². The molecule has 0 atom stereocenters. The van der Waals surface area contributed by atoms with Crippen molar-refractivity contribution >= 4 is 10.4 Å². The van der Waals surface area contributed by atoms with Crippen LogP contribution in [0.2, 0.25) is 0 Å². The Bertz CT molecular complexity index is 629. The maximum Gasteiger partial charge on any atom is 0.394 e. The van der Waals surface area contributed by atoms with Crippen molar-refractivity contribution in [3.8, 4) is 5.95 Å². The smallest absolute Gasteiger partial charge is 0.394 e. The van der Waals surface area contributed by atoms with Crippen LogP contribution in [0.5, 0.6) is 0 Å². The summed E-state index contributed by atoms with van der Waals surface area (Å²) in [5, 5.41) is 9.13. The topological polar surface area (TPSA) is 150 Å². The first-order valence-corrected chi connectivity index (χ1v) is 5.37. The van der Waals surface area contributed by atoms with Gasteiger partial charge in [-0.25, -0.2) is 14.3 Å². The lowest BCUT2D eigenvalue weighted by molar-refractivity contribution is 0.183. The van der Waals surface area contributed by atoms with Gasteiger partial charge in [-0.15, -0.1) is 0 Å². The summed E-state index contributed by atoms with van der Waals surface area (Å²) in [6.45, 7) is 0. The van der Waals surface area contributed by atoms with Gasteiger partial charge >= 0.3 is 16.1 Å². The van der Waals surface area contributed by atoms with Crippen molar-refractivity contribution < 1.29 is 22.7 Å². The van der Waals surface area contributed by atoms with Crippen molar-refractivity contribution in [2.75, 3.05) is 0 Å². The van der Waals surface area contributed by atoms with Gasteiger partial charge in [-0.3, -0.25) is 9.11 Å². The van der Waals surface area contributed by atoms with Gasteiger partial charge in [-0.2, -0.15) is 13.1 Å². The highest BCUT2D eigenvalue weighted by Gasteiger charge is 2.05. The van der Waals surface area contributed by atoms with Crippen molar-refractivity contribution in [3.05, 3.63) is 35.3 Å². The maximum absolute atomic E-state index is 11.0. The minimum absolute atomic E-state index is 0.168. The molecule has 0 aliphatic heterocycles. The van der Waals surface area contributed by atoms with Crippen LogP contribution in [0.1, 0.15) is 0 Å². The number of H-pyrrole nitrogens is 1. The Balaban J connectivity index is 0.000000249. The van der Waals surface area contributed by atoms with Gasteiger partial charge in [-0.05, 0) is 0 Å². The van der Waals surface area contributed by atoms with E-state index in [-0.39, 0.29) is 11.6 Å². The molecule has 0 saturated carbocycles. The fourth-order valence-electron chi connectivity index (χ4n) is 0.939. The van der Waals surface area contributed by atoms with Gasteiger partial charge in [0.05, 0.1) is 12.4 Å². The molecular weight excluding hydrogens is 256 g/mol. The molecule has 94 valence electrons. The Morgan fingerprint density at radius 3 is 2.24 bits per heavy atom. The normalized spacial score (nSPS) is 10.7. The lowest BCUT2D eigenvalue weighted by atomic mass is 10.8. The van der Waals surface area contributed by atoms with Gasteiger partial charge in [0, 0.05) is 12.4 Å². The number of imidazole rings is 2. The number of nitrogens with zero attached hydrogens (tertiary/aromatic N) is 3. The molecule has 0 unspecified atom stereocenters. The van der Waals surface area contributed by atoms with Crippen LogP contribution in [0.4, 0.5) is 0 Å². The van der Waals surface area contributed by atoms with E-state index in [4.69, 9.17) is 22.7 Å². The third-order valence-corrected chi connectivity index (χ3v) is 1.47. The average Bonchev–Trinajstić information content (AvgIpc) is 2.71. The third kappa shape index (κ3) is 4.10. The van der Waals surface area contributed by atoms with Crippen molar-refractivity contribution in [1.82, 2.24) is 19.3 Å². The van der Waals surface area contributed by atoms with Crippen LogP contribution in [0.25, 0.3) is 5.95 Å². The summed E-state index contributed by atoms with van der Waals surface area (Å²) < 4.78 is 33.6. The van der Waals surface area contributed by atoms with Crippen LogP contribution in [0.15, 0.2) is 29.6 Å². The molecule has 0 amide bonds. The second-order valence-corrected chi connectivity index (χ2v) is 3.55. The zero-order valence-electron chi connectivity index (χ0n) is 8.13. The van der Waals surface area contributed by atoms with Gasteiger partial charge in [0.1, 0.15) is 0 Å². The molecule has 2 heterocycles. The molecule has 10 nitrogen and oxygen atoms in total. The minimum atomic E-state index is -4.67. The Labute approximate surface area is 94.3 Å². The lowest BCUT2D eigenvalue weighted by Gasteiger charge is -1.97. The Morgan fingerprint density at radius 1 is 1.29 bits per heavy atom. The molecule has 0 saturated heterocycles. The van der Waals surface area contributed by atoms with Crippen molar-refractivity contribution in [2.45, 2.75) is 0 Å². The molecule has 2 aromatic rings. The highest BCUT2D eigenvalue weighted by molar-refractivity contribution is 7.79. The van der Waals surface area contributed by atoms with Gasteiger partial charge in [0.15, 0.2) is 0 Å². The molecule has 0 aliphatic rings. The zero-order valence-corrected chi connectivity index (χ0v) is 8.94. The first kappa shape index (κ1) is 13.0. The second-order valence-electron chi connectivity index (χ2n) is 2.65. The third-order valence-electron chi connectivity index (χ3n) is 1.47. The predicted molar refractivity (Wildman–Crippen MR) is 53.5 cm³/mol. The quantitative estimate of drug-likeness (QED) is 0.379. The first-order valence-electron chi connectivity index (χ1n) is 3.98. The van der Waals surface area contributed by atoms with Crippen LogP contribution in [-0.2, 0) is 10.4 Å². The van der Waals surface area contributed by atoms with Crippen molar-refractivity contribution in [1.29, 1.82) is 0 Å². The Morgan fingerprint density at radius 2 is 1.88 bits per heavy atom. The molecule has 17 heavy (non-hydrogen) atoms. The van der Waals surface area contributed by atoms with Crippen LogP contribution >= 0.6 is 0 Å². The molecular formula is C6H8N4O6S. The number of rotatable bonds is 1. The lowest BCUT2D eigenvalue weighted by Crippen LogP contribution is -2.17. The van der Waals surface area contributed by atoms with Crippen molar-refractivity contribution in [3.63, 3.8) is 0 Å². The molecule has 0 aromatic carbocycles. The highest BCUT2D eigenvalue weighted by Crippen LogP contribution is 1.97. The minimum Gasteiger partial charge on any atom is -0.425 e. The molecule has 11 heteroatoms. The van der Waals surface area contributed by atoms with E-state index >= 15 is 0 Å². The molecule has 0 spiro atoms. The predicted octanol–water partition coefficient (Wildman–Crippen LogP) is -1.05.